The second kappa shape index (κ2) is 13.5. The molecule has 200 valence electrons. The van der Waals surface area contributed by atoms with Crippen molar-refractivity contribution in [2.75, 3.05) is 33.4 Å². The Morgan fingerprint density at radius 2 is 1.92 bits per heavy atom. The number of hydrogen-bond donors (Lipinski definition) is 1. The van der Waals surface area contributed by atoms with Crippen molar-refractivity contribution < 1.29 is 32.0 Å². The zero-order valence-corrected chi connectivity index (χ0v) is 20.7. The predicted molar refractivity (Wildman–Crippen MR) is 127 cm³/mol. The monoisotopic (exact) mass is 512 g/mol. The number of hydrogen-bond acceptors (Lipinski definition) is 7. The molecule has 0 spiro atoms. The Morgan fingerprint density at radius 3 is 2.58 bits per heavy atom. The van der Waals surface area contributed by atoms with Crippen molar-refractivity contribution in [1.29, 1.82) is 0 Å². The number of carbonyl (C=O) groups is 1. The minimum absolute atomic E-state index is 0.0519. The van der Waals surface area contributed by atoms with Crippen LogP contribution in [0.1, 0.15) is 55.5 Å². The van der Waals surface area contributed by atoms with Gasteiger partial charge < -0.3 is 24.6 Å². The van der Waals surface area contributed by atoms with E-state index in [1.807, 2.05) is 6.07 Å². The fourth-order valence-corrected chi connectivity index (χ4v) is 4.55. The van der Waals surface area contributed by atoms with Gasteiger partial charge in [0.2, 0.25) is 11.8 Å². The first kappa shape index (κ1) is 27.8. The molecule has 1 amide bonds. The van der Waals surface area contributed by atoms with E-state index in [0.29, 0.717) is 11.6 Å². The van der Waals surface area contributed by atoms with E-state index in [4.69, 9.17) is 19.7 Å². The summed E-state index contributed by atoms with van der Waals surface area (Å²) in [7, 11) is 1.46. The van der Waals surface area contributed by atoms with Gasteiger partial charge in [0.15, 0.2) is 6.61 Å². The Morgan fingerprint density at radius 1 is 1.17 bits per heavy atom. The molecule has 2 aromatic heterocycles. The Labute approximate surface area is 209 Å². The van der Waals surface area contributed by atoms with Gasteiger partial charge in [-0.3, -0.25) is 4.79 Å². The summed E-state index contributed by atoms with van der Waals surface area (Å²) in [6.07, 6.45) is 5.56. The van der Waals surface area contributed by atoms with Crippen molar-refractivity contribution in [1.82, 2.24) is 15.0 Å². The smallest absolute Gasteiger partial charge is 0.422 e. The van der Waals surface area contributed by atoms with E-state index in [0.717, 1.165) is 49.7 Å². The van der Waals surface area contributed by atoms with Crippen LogP contribution in [0.2, 0.25) is 0 Å². The number of nitrogens with two attached hydrogens (primary N) is 1. The topological polar surface area (TPSA) is 104 Å². The van der Waals surface area contributed by atoms with E-state index < -0.39 is 18.7 Å². The molecule has 0 aromatic carbocycles. The molecule has 0 radical (unpaired) electrons. The Bertz CT molecular complexity index is 961. The van der Waals surface area contributed by atoms with E-state index >= 15 is 0 Å². The number of alkyl halides is 3. The highest BCUT2D eigenvalue weighted by Crippen LogP contribution is 2.27. The summed E-state index contributed by atoms with van der Waals surface area (Å²) >= 11 is 0. The van der Waals surface area contributed by atoms with Gasteiger partial charge in [-0.05, 0) is 36.0 Å². The SMILES string of the molecule is COc1cc(CC(N)=O)on1.FC(F)(F)COc1ccc2c(n1)CCN(CCC1CCCCC1)CC2. The predicted octanol–water partition coefficient (Wildman–Crippen LogP) is 4.10. The van der Waals surface area contributed by atoms with Crippen LogP contribution in [0.15, 0.2) is 22.7 Å². The first-order valence-electron chi connectivity index (χ1n) is 12.4. The van der Waals surface area contributed by atoms with Crippen LogP contribution < -0.4 is 15.2 Å². The minimum Gasteiger partial charge on any atom is -0.479 e. The van der Waals surface area contributed by atoms with Crippen molar-refractivity contribution in [2.45, 2.75) is 64.0 Å². The highest BCUT2D eigenvalue weighted by atomic mass is 19.4. The Hall–Kier alpha value is -2.82. The van der Waals surface area contributed by atoms with Crippen LogP contribution in [0.5, 0.6) is 11.8 Å². The molecule has 11 heteroatoms. The maximum Gasteiger partial charge on any atom is 0.422 e. The molecule has 36 heavy (non-hydrogen) atoms. The second-order valence-corrected chi connectivity index (χ2v) is 9.27. The lowest BCUT2D eigenvalue weighted by Crippen LogP contribution is -2.29. The molecular formula is C25H35F3N4O4. The molecule has 1 aliphatic carbocycles. The van der Waals surface area contributed by atoms with Crippen LogP contribution in [0.3, 0.4) is 0 Å². The highest BCUT2D eigenvalue weighted by Gasteiger charge is 2.29. The quantitative estimate of drug-likeness (QED) is 0.568. The van der Waals surface area contributed by atoms with Gasteiger partial charge in [0, 0.05) is 37.3 Å². The normalized spacial score (nSPS) is 16.9. The summed E-state index contributed by atoms with van der Waals surface area (Å²) < 4.78 is 51.0. The lowest BCUT2D eigenvalue weighted by Gasteiger charge is -2.26. The lowest BCUT2D eigenvalue weighted by molar-refractivity contribution is -0.154. The molecule has 8 nitrogen and oxygen atoms in total. The van der Waals surface area contributed by atoms with E-state index in [2.05, 4.69) is 15.0 Å². The fraction of sp³-hybridized carbons (Fsp3) is 0.640. The number of primary amides is 1. The van der Waals surface area contributed by atoms with Gasteiger partial charge in [0.05, 0.1) is 13.5 Å². The number of pyridine rings is 1. The van der Waals surface area contributed by atoms with Crippen LogP contribution in [-0.2, 0) is 24.1 Å². The van der Waals surface area contributed by atoms with Crippen molar-refractivity contribution in [2.24, 2.45) is 11.7 Å². The first-order chi connectivity index (χ1) is 17.2. The molecule has 2 aliphatic rings. The molecule has 1 aliphatic heterocycles. The third-order valence-corrected chi connectivity index (χ3v) is 6.46. The Balaban J connectivity index is 0.000000275. The summed E-state index contributed by atoms with van der Waals surface area (Å²) in [6, 6.07) is 4.95. The Kier molecular flexibility index (Phi) is 10.4. The van der Waals surface area contributed by atoms with Crippen LogP contribution in [0.4, 0.5) is 13.2 Å². The van der Waals surface area contributed by atoms with E-state index in [1.165, 1.54) is 51.7 Å². The van der Waals surface area contributed by atoms with Crippen molar-refractivity contribution in [3.05, 3.63) is 35.2 Å². The molecule has 1 fully saturated rings. The summed E-state index contributed by atoms with van der Waals surface area (Å²) in [5, 5.41) is 3.48. The number of rotatable bonds is 8. The van der Waals surface area contributed by atoms with Gasteiger partial charge in [0.1, 0.15) is 5.76 Å². The van der Waals surface area contributed by atoms with E-state index in [-0.39, 0.29) is 12.3 Å². The molecular weight excluding hydrogens is 477 g/mol. The maximum absolute atomic E-state index is 12.3. The number of amides is 1. The van der Waals surface area contributed by atoms with Gasteiger partial charge in [0.25, 0.3) is 5.88 Å². The van der Waals surface area contributed by atoms with Gasteiger partial charge >= 0.3 is 6.18 Å². The molecule has 2 aromatic rings. The van der Waals surface area contributed by atoms with Gasteiger partial charge in [-0.15, -0.1) is 0 Å². The maximum atomic E-state index is 12.3. The number of nitrogens with zero attached hydrogens (tertiary/aromatic N) is 3. The average Bonchev–Trinajstić information content (AvgIpc) is 3.20. The van der Waals surface area contributed by atoms with Crippen LogP contribution >= 0.6 is 0 Å². The largest absolute Gasteiger partial charge is 0.479 e. The summed E-state index contributed by atoms with van der Waals surface area (Å²) in [4.78, 5) is 17.2. The molecule has 0 saturated heterocycles. The van der Waals surface area contributed by atoms with Gasteiger partial charge in [-0.1, -0.05) is 38.2 Å². The first-order valence-corrected chi connectivity index (χ1v) is 12.4. The number of ether oxygens (including phenoxy) is 2. The number of aromatic nitrogens is 2. The molecule has 0 bridgehead atoms. The van der Waals surface area contributed by atoms with E-state index in [1.54, 1.807) is 6.07 Å². The van der Waals surface area contributed by atoms with Crippen LogP contribution in [-0.4, -0.2) is 60.5 Å². The number of halogens is 3. The second-order valence-electron chi connectivity index (χ2n) is 9.27. The minimum atomic E-state index is -4.33. The number of methoxy groups -OCH3 is 1. The van der Waals surface area contributed by atoms with Crippen molar-refractivity contribution in [3.63, 3.8) is 0 Å². The highest BCUT2D eigenvalue weighted by molar-refractivity contribution is 5.75. The number of carbonyl (C=O) groups excluding carboxylic acids is 1. The molecule has 0 atom stereocenters. The molecule has 4 rings (SSSR count). The fourth-order valence-electron chi connectivity index (χ4n) is 4.55. The van der Waals surface area contributed by atoms with Crippen LogP contribution in [0.25, 0.3) is 0 Å². The zero-order chi connectivity index (χ0) is 26.0. The average molecular weight is 513 g/mol. The third kappa shape index (κ3) is 9.67. The zero-order valence-electron chi connectivity index (χ0n) is 20.7. The third-order valence-electron chi connectivity index (χ3n) is 6.46. The lowest BCUT2D eigenvalue weighted by atomic mass is 9.87. The summed E-state index contributed by atoms with van der Waals surface area (Å²) in [5.74, 6) is 1.26. The van der Waals surface area contributed by atoms with Crippen LogP contribution in [0, 0.1) is 5.92 Å². The summed E-state index contributed by atoms with van der Waals surface area (Å²) in [6.45, 7) is 1.77. The molecule has 0 unspecified atom stereocenters. The molecule has 1 saturated carbocycles. The standard InChI is InChI=1S/C19H27F3N2O.C6H8N2O3/c20-19(21,22)14-25-18-7-6-16-9-12-24(13-10-17(16)23-18)11-8-15-4-2-1-3-5-15;1-10-6-3-4(11-8-6)2-5(7)9/h6-7,15H,1-5,8-14H2;3H,2H2,1H3,(H2,7,9). The van der Waals surface area contributed by atoms with Crippen molar-refractivity contribution >= 4 is 5.91 Å². The molecule has 2 N–H and O–H groups in total. The van der Waals surface area contributed by atoms with E-state index in [9.17, 15) is 18.0 Å². The molecule has 3 heterocycles. The van der Waals surface area contributed by atoms with Gasteiger partial charge in [-0.2, -0.15) is 13.2 Å². The number of fused-ring (bicyclic) bond motifs is 1. The van der Waals surface area contributed by atoms with Gasteiger partial charge in [-0.25, -0.2) is 4.98 Å². The summed E-state index contributed by atoms with van der Waals surface area (Å²) in [5.41, 5.74) is 6.93. The van der Waals surface area contributed by atoms with Crippen molar-refractivity contribution in [3.8, 4) is 11.8 Å².